The van der Waals surface area contributed by atoms with Crippen LogP contribution in [0.15, 0.2) is 88.0 Å². The largest absolute Gasteiger partial charge is 0.497 e. The summed E-state index contributed by atoms with van der Waals surface area (Å²) in [5, 5.41) is 0. The van der Waals surface area contributed by atoms with Crippen molar-refractivity contribution in [2.45, 2.75) is 0 Å². The number of benzene rings is 2. The average molecular weight is 425 g/mol. The lowest BCUT2D eigenvalue weighted by Crippen LogP contribution is -1.87. The van der Waals surface area contributed by atoms with E-state index in [2.05, 4.69) is 15.0 Å². The first-order valence-corrected chi connectivity index (χ1v) is 9.92. The number of aromatic nitrogens is 3. The summed E-state index contributed by atoms with van der Waals surface area (Å²) >= 11 is 0. The predicted molar refractivity (Wildman–Crippen MR) is 119 cm³/mol. The summed E-state index contributed by atoms with van der Waals surface area (Å²) in [6.07, 6.45) is 3.36. The Morgan fingerprint density at radius 1 is 0.594 bits per heavy atom. The standard InChI is InChI=1S/C25H19N3O4/c1-29-18-10-6-16(7-11-18)22-14-26-24(31-22)20-4-3-5-21(28-20)25-27-15-23(32-25)17-8-12-19(30-2)13-9-17/h3-15H,1-2H3. The molecule has 7 nitrogen and oxygen atoms in total. The van der Waals surface area contributed by atoms with Gasteiger partial charge in [-0.2, -0.15) is 0 Å². The van der Waals surface area contributed by atoms with Crippen molar-refractivity contribution in [2.24, 2.45) is 0 Å². The third-order valence-corrected chi connectivity index (χ3v) is 4.95. The van der Waals surface area contributed by atoms with E-state index in [0.717, 1.165) is 22.6 Å². The van der Waals surface area contributed by atoms with Crippen LogP contribution in [0.3, 0.4) is 0 Å². The maximum absolute atomic E-state index is 5.94. The van der Waals surface area contributed by atoms with Crippen molar-refractivity contribution in [2.75, 3.05) is 14.2 Å². The molecule has 3 heterocycles. The van der Waals surface area contributed by atoms with Crippen molar-refractivity contribution in [3.8, 4) is 57.3 Å². The Labute approximate surface area is 184 Å². The fraction of sp³-hybridized carbons (Fsp3) is 0.0800. The molecule has 0 fully saturated rings. The third kappa shape index (κ3) is 3.83. The van der Waals surface area contributed by atoms with E-state index in [4.69, 9.17) is 18.3 Å². The predicted octanol–water partition coefficient (Wildman–Crippen LogP) is 5.74. The first kappa shape index (κ1) is 19.6. The molecule has 0 N–H and O–H groups in total. The van der Waals surface area contributed by atoms with Gasteiger partial charge in [-0.3, -0.25) is 0 Å². The molecule has 7 heteroatoms. The number of rotatable bonds is 6. The Hall–Kier alpha value is -4.39. The van der Waals surface area contributed by atoms with Crippen molar-refractivity contribution in [1.29, 1.82) is 0 Å². The van der Waals surface area contributed by atoms with Gasteiger partial charge in [-0.15, -0.1) is 0 Å². The third-order valence-electron chi connectivity index (χ3n) is 4.95. The molecule has 0 saturated carbocycles. The number of oxazole rings is 2. The van der Waals surface area contributed by atoms with Crippen molar-refractivity contribution < 1.29 is 18.3 Å². The van der Waals surface area contributed by atoms with Gasteiger partial charge in [0.05, 0.1) is 26.6 Å². The number of ether oxygens (including phenoxy) is 2. The second-order valence-electron chi connectivity index (χ2n) is 6.92. The lowest BCUT2D eigenvalue weighted by atomic mass is 10.2. The fourth-order valence-electron chi connectivity index (χ4n) is 3.24. The summed E-state index contributed by atoms with van der Waals surface area (Å²) in [6, 6.07) is 20.7. The number of hydrogen-bond donors (Lipinski definition) is 0. The van der Waals surface area contributed by atoms with Gasteiger partial charge in [0, 0.05) is 11.1 Å². The van der Waals surface area contributed by atoms with Gasteiger partial charge in [0.2, 0.25) is 11.8 Å². The Bertz CT molecular complexity index is 1240. The van der Waals surface area contributed by atoms with Crippen LogP contribution in [0.1, 0.15) is 0 Å². The average Bonchev–Trinajstić information content (AvgIpc) is 3.55. The van der Waals surface area contributed by atoms with Crippen LogP contribution in [-0.4, -0.2) is 29.2 Å². The molecule has 2 aromatic carbocycles. The highest BCUT2D eigenvalue weighted by atomic mass is 16.5. The Balaban J connectivity index is 1.40. The number of nitrogens with zero attached hydrogens (tertiary/aromatic N) is 3. The minimum atomic E-state index is 0.416. The molecule has 0 amide bonds. The van der Waals surface area contributed by atoms with E-state index >= 15 is 0 Å². The summed E-state index contributed by atoms with van der Waals surface area (Å²) in [5.41, 5.74) is 2.98. The molecular formula is C25H19N3O4. The van der Waals surface area contributed by atoms with Gasteiger partial charge >= 0.3 is 0 Å². The van der Waals surface area contributed by atoms with Gasteiger partial charge in [0.1, 0.15) is 22.9 Å². The molecule has 0 spiro atoms. The first-order chi connectivity index (χ1) is 15.7. The molecule has 0 bridgehead atoms. The van der Waals surface area contributed by atoms with Crippen LogP contribution < -0.4 is 9.47 Å². The quantitative estimate of drug-likeness (QED) is 0.343. The number of hydrogen-bond acceptors (Lipinski definition) is 7. The molecule has 0 unspecified atom stereocenters. The van der Waals surface area contributed by atoms with Gasteiger partial charge in [-0.05, 0) is 60.7 Å². The lowest BCUT2D eigenvalue weighted by Gasteiger charge is -2.01. The summed E-state index contributed by atoms with van der Waals surface area (Å²) in [4.78, 5) is 13.4. The maximum atomic E-state index is 5.94. The molecular weight excluding hydrogens is 406 g/mol. The number of pyridine rings is 1. The summed E-state index contributed by atoms with van der Waals surface area (Å²) < 4.78 is 22.3. The van der Waals surface area contributed by atoms with Gasteiger partial charge < -0.3 is 18.3 Å². The molecule has 0 atom stereocenters. The zero-order valence-electron chi connectivity index (χ0n) is 17.5. The molecule has 0 aliphatic rings. The van der Waals surface area contributed by atoms with Crippen molar-refractivity contribution in [1.82, 2.24) is 15.0 Å². The van der Waals surface area contributed by atoms with Gasteiger partial charge in [-0.1, -0.05) is 6.07 Å². The Morgan fingerprint density at radius 2 is 1.03 bits per heavy atom. The summed E-state index contributed by atoms with van der Waals surface area (Å²) in [6.45, 7) is 0. The highest BCUT2D eigenvalue weighted by Crippen LogP contribution is 2.30. The molecule has 158 valence electrons. The molecule has 5 rings (SSSR count). The highest BCUT2D eigenvalue weighted by Gasteiger charge is 2.14. The second kappa shape index (κ2) is 8.39. The monoisotopic (exact) mass is 425 g/mol. The van der Waals surface area contributed by atoms with Crippen LogP contribution in [0.4, 0.5) is 0 Å². The SMILES string of the molecule is COc1ccc(-c2cnc(-c3cccc(-c4ncc(-c5ccc(OC)cc5)o4)n3)o2)cc1. The highest BCUT2D eigenvalue weighted by molar-refractivity contribution is 5.63. The van der Waals surface area contributed by atoms with Gasteiger partial charge in [0.15, 0.2) is 11.5 Å². The molecule has 0 radical (unpaired) electrons. The maximum Gasteiger partial charge on any atom is 0.245 e. The fourth-order valence-corrected chi connectivity index (χ4v) is 3.24. The van der Waals surface area contributed by atoms with Gasteiger partial charge in [-0.25, -0.2) is 15.0 Å². The van der Waals surface area contributed by atoms with E-state index in [-0.39, 0.29) is 0 Å². The Morgan fingerprint density at radius 3 is 1.44 bits per heavy atom. The van der Waals surface area contributed by atoms with Crippen LogP contribution in [-0.2, 0) is 0 Å². The van der Waals surface area contributed by atoms with Gasteiger partial charge in [0.25, 0.3) is 0 Å². The van der Waals surface area contributed by atoms with Crippen LogP contribution in [0, 0.1) is 0 Å². The van der Waals surface area contributed by atoms with Crippen LogP contribution in [0.25, 0.3) is 45.8 Å². The van der Waals surface area contributed by atoms with E-state index < -0.39 is 0 Å². The van der Waals surface area contributed by atoms with Crippen molar-refractivity contribution >= 4 is 0 Å². The molecule has 0 saturated heterocycles. The van der Waals surface area contributed by atoms with E-state index in [1.165, 1.54) is 0 Å². The van der Waals surface area contributed by atoms with Crippen LogP contribution in [0.5, 0.6) is 11.5 Å². The van der Waals surface area contributed by atoms with E-state index in [1.54, 1.807) is 26.6 Å². The topological polar surface area (TPSA) is 83.4 Å². The molecule has 5 aromatic rings. The zero-order valence-corrected chi connectivity index (χ0v) is 17.5. The van der Waals surface area contributed by atoms with Crippen LogP contribution in [0.2, 0.25) is 0 Å². The molecule has 32 heavy (non-hydrogen) atoms. The number of methoxy groups -OCH3 is 2. The summed E-state index contributed by atoms with van der Waals surface area (Å²) in [5.74, 6) is 3.69. The van der Waals surface area contributed by atoms with E-state index in [1.807, 2.05) is 66.7 Å². The smallest absolute Gasteiger partial charge is 0.245 e. The molecule has 0 aliphatic carbocycles. The first-order valence-electron chi connectivity index (χ1n) is 9.92. The summed E-state index contributed by atoms with van der Waals surface area (Å²) in [7, 11) is 3.27. The van der Waals surface area contributed by atoms with E-state index in [0.29, 0.717) is 34.7 Å². The van der Waals surface area contributed by atoms with Crippen molar-refractivity contribution in [3.05, 3.63) is 79.1 Å². The zero-order chi connectivity index (χ0) is 21.9. The molecule has 0 aliphatic heterocycles. The minimum absolute atomic E-state index is 0.416. The van der Waals surface area contributed by atoms with Crippen molar-refractivity contribution in [3.63, 3.8) is 0 Å². The normalized spacial score (nSPS) is 10.8. The second-order valence-corrected chi connectivity index (χ2v) is 6.92. The van der Waals surface area contributed by atoms with E-state index in [9.17, 15) is 0 Å². The lowest BCUT2D eigenvalue weighted by molar-refractivity contribution is 0.414. The van der Waals surface area contributed by atoms with Crippen LogP contribution >= 0.6 is 0 Å². The minimum Gasteiger partial charge on any atom is -0.497 e. The Kier molecular flexibility index (Phi) is 5.13. The molecule has 3 aromatic heterocycles.